The summed E-state index contributed by atoms with van der Waals surface area (Å²) in [5.74, 6) is -0.337. The average Bonchev–Trinajstić information content (AvgIpc) is 2.48. The SMILES string of the molecule is N/C(=N/O)c1ccc(NC(=O)c2cccc(Br)c2)c(Cl)c1. The van der Waals surface area contributed by atoms with Crippen molar-refractivity contribution >= 4 is 45.0 Å². The molecule has 2 aromatic carbocycles. The Kier molecular flexibility index (Phi) is 4.82. The highest BCUT2D eigenvalue weighted by Gasteiger charge is 2.10. The van der Waals surface area contributed by atoms with Crippen LogP contribution in [0.3, 0.4) is 0 Å². The van der Waals surface area contributed by atoms with Crippen LogP contribution >= 0.6 is 27.5 Å². The van der Waals surface area contributed by atoms with Crippen LogP contribution in [0.2, 0.25) is 5.02 Å². The number of nitrogens with zero attached hydrogens (tertiary/aromatic N) is 1. The maximum atomic E-state index is 12.1. The fourth-order valence-electron chi connectivity index (χ4n) is 1.66. The number of oxime groups is 1. The molecule has 0 aliphatic heterocycles. The van der Waals surface area contributed by atoms with Crippen molar-refractivity contribution in [2.45, 2.75) is 0 Å². The second kappa shape index (κ2) is 6.60. The van der Waals surface area contributed by atoms with Crippen LogP contribution in [0, 0.1) is 0 Å². The number of amides is 1. The Labute approximate surface area is 134 Å². The summed E-state index contributed by atoms with van der Waals surface area (Å²) in [6.07, 6.45) is 0. The van der Waals surface area contributed by atoms with Gasteiger partial charge in [0, 0.05) is 15.6 Å². The van der Waals surface area contributed by atoms with E-state index in [0.29, 0.717) is 21.8 Å². The van der Waals surface area contributed by atoms with Crippen molar-refractivity contribution in [2.24, 2.45) is 10.9 Å². The Hall–Kier alpha value is -2.05. The monoisotopic (exact) mass is 367 g/mol. The maximum Gasteiger partial charge on any atom is 0.255 e. The van der Waals surface area contributed by atoms with Gasteiger partial charge in [-0.1, -0.05) is 38.8 Å². The van der Waals surface area contributed by atoms with Crippen LogP contribution < -0.4 is 11.1 Å². The fraction of sp³-hybridized carbons (Fsp3) is 0. The molecule has 4 N–H and O–H groups in total. The van der Waals surface area contributed by atoms with Gasteiger partial charge in [0.15, 0.2) is 5.84 Å². The number of benzene rings is 2. The van der Waals surface area contributed by atoms with E-state index in [-0.39, 0.29) is 11.7 Å². The summed E-state index contributed by atoms with van der Waals surface area (Å²) in [6, 6.07) is 11.7. The van der Waals surface area contributed by atoms with Crippen LogP contribution in [0.25, 0.3) is 0 Å². The van der Waals surface area contributed by atoms with Gasteiger partial charge in [-0.15, -0.1) is 0 Å². The minimum atomic E-state index is -0.283. The minimum Gasteiger partial charge on any atom is -0.409 e. The lowest BCUT2D eigenvalue weighted by Crippen LogP contribution is -2.15. The van der Waals surface area contributed by atoms with Gasteiger partial charge in [0.05, 0.1) is 10.7 Å². The van der Waals surface area contributed by atoms with E-state index in [1.807, 2.05) is 6.07 Å². The molecule has 0 spiro atoms. The highest BCUT2D eigenvalue weighted by Crippen LogP contribution is 2.24. The summed E-state index contributed by atoms with van der Waals surface area (Å²) in [6.45, 7) is 0. The minimum absolute atomic E-state index is 0.0539. The molecule has 21 heavy (non-hydrogen) atoms. The van der Waals surface area contributed by atoms with Crippen molar-refractivity contribution in [2.75, 3.05) is 5.32 Å². The first-order chi connectivity index (χ1) is 10.0. The van der Waals surface area contributed by atoms with Crippen molar-refractivity contribution in [3.05, 3.63) is 63.1 Å². The van der Waals surface area contributed by atoms with E-state index in [0.717, 1.165) is 4.47 Å². The molecule has 0 fully saturated rings. The Bertz CT molecular complexity index is 719. The molecular weight excluding hydrogens is 358 g/mol. The molecule has 0 bridgehead atoms. The lowest BCUT2D eigenvalue weighted by Gasteiger charge is -2.09. The smallest absolute Gasteiger partial charge is 0.255 e. The summed E-state index contributed by atoms with van der Waals surface area (Å²) in [5.41, 5.74) is 6.87. The second-order valence-electron chi connectivity index (χ2n) is 4.14. The predicted molar refractivity (Wildman–Crippen MR) is 86.1 cm³/mol. The van der Waals surface area contributed by atoms with E-state index in [2.05, 4.69) is 26.4 Å². The van der Waals surface area contributed by atoms with Gasteiger partial charge in [-0.05, 0) is 36.4 Å². The second-order valence-corrected chi connectivity index (χ2v) is 5.47. The first-order valence-corrected chi connectivity index (χ1v) is 7.02. The molecule has 108 valence electrons. The first-order valence-electron chi connectivity index (χ1n) is 5.85. The molecule has 1 amide bonds. The van der Waals surface area contributed by atoms with Gasteiger partial charge in [-0.2, -0.15) is 0 Å². The van der Waals surface area contributed by atoms with E-state index in [9.17, 15) is 4.79 Å². The lowest BCUT2D eigenvalue weighted by atomic mass is 10.1. The molecule has 2 rings (SSSR count). The Balaban J connectivity index is 2.22. The highest BCUT2D eigenvalue weighted by molar-refractivity contribution is 9.10. The van der Waals surface area contributed by atoms with Crippen molar-refractivity contribution in [3.63, 3.8) is 0 Å². The molecule has 2 aromatic rings. The van der Waals surface area contributed by atoms with Crippen LogP contribution in [0.15, 0.2) is 52.1 Å². The molecule has 0 saturated heterocycles. The summed E-state index contributed by atoms with van der Waals surface area (Å²) in [7, 11) is 0. The number of carbonyl (C=O) groups excluding carboxylic acids is 1. The normalized spacial score (nSPS) is 11.2. The number of hydrogen-bond donors (Lipinski definition) is 3. The topological polar surface area (TPSA) is 87.7 Å². The van der Waals surface area contributed by atoms with E-state index in [4.69, 9.17) is 22.5 Å². The van der Waals surface area contributed by atoms with E-state index in [1.165, 1.54) is 6.07 Å². The molecule has 7 heteroatoms. The molecule has 0 aliphatic rings. The molecule has 0 heterocycles. The van der Waals surface area contributed by atoms with E-state index >= 15 is 0 Å². The predicted octanol–water partition coefficient (Wildman–Crippen LogP) is 3.45. The van der Waals surface area contributed by atoms with Gasteiger partial charge in [0.2, 0.25) is 0 Å². The quantitative estimate of drug-likeness (QED) is 0.335. The molecular formula is C14H11BrClN3O2. The van der Waals surface area contributed by atoms with Gasteiger partial charge in [-0.3, -0.25) is 4.79 Å². The zero-order valence-electron chi connectivity index (χ0n) is 10.7. The number of amidine groups is 1. The van der Waals surface area contributed by atoms with E-state index < -0.39 is 0 Å². The Morgan fingerprint density at radius 3 is 2.62 bits per heavy atom. The standard InChI is InChI=1S/C14H11BrClN3O2/c15-10-3-1-2-9(6-10)14(20)18-12-5-4-8(7-11(12)16)13(17)19-21/h1-7,21H,(H2,17,19)(H,18,20). The van der Waals surface area contributed by atoms with Gasteiger partial charge in [0.1, 0.15) is 0 Å². The molecule has 0 radical (unpaired) electrons. The van der Waals surface area contributed by atoms with Gasteiger partial charge in [-0.25, -0.2) is 0 Å². The third-order valence-electron chi connectivity index (χ3n) is 2.71. The average molecular weight is 369 g/mol. The van der Waals surface area contributed by atoms with Gasteiger partial charge < -0.3 is 16.3 Å². The summed E-state index contributed by atoms with van der Waals surface area (Å²) < 4.78 is 0.809. The van der Waals surface area contributed by atoms with Gasteiger partial charge >= 0.3 is 0 Å². The van der Waals surface area contributed by atoms with Crippen LogP contribution in [-0.2, 0) is 0 Å². The van der Waals surface area contributed by atoms with Crippen molar-refractivity contribution in [3.8, 4) is 0 Å². The Morgan fingerprint density at radius 2 is 2.00 bits per heavy atom. The van der Waals surface area contributed by atoms with Crippen molar-refractivity contribution < 1.29 is 10.0 Å². The largest absolute Gasteiger partial charge is 0.409 e. The van der Waals surface area contributed by atoms with Crippen molar-refractivity contribution in [1.82, 2.24) is 0 Å². The zero-order valence-corrected chi connectivity index (χ0v) is 13.0. The number of hydrogen-bond acceptors (Lipinski definition) is 3. The molecule has 0 aromatic heterocycles. The number of carbonyl (C=O) groups is 1. The molecule has 0 atom stereocenters. The fourth-order valence-corrected chi connectivity index (χ4v) is 2.28. The highest BCUT2D eigenvalue weighted by atomic mass is 79.9. The number of rotatable bonds is 3. The summed E-state index contributed by atoms with van der Waals surface area (Å²) in [5, 5.41) is 14.5. The zero-order chi connectivity index (χ0) is 15.4. The van der Waals surface area contributed by atoms with Crippen LogP contribution in [0.1, 0.15) is 15.9 Å². The molecule has 0 unspecified atom stereocenters. The first kappa shape index (κ1) is 15.3. The number of anilines is 1. The summed E-state index contributed by atoms with van der Waals surface area (Å²) in [4.78, 5) is 12.1. The number of nitrogens with two attached hydrogens (primary N) is 1. The van der Waals surface area contributed by atoms with Crippen LogP contribution in [0.5, 0.6) is 0 Å². The third kappa shape index (κ3) is 3.74. The third-order valence-corrected chi connectivity index (χ3v) is 3.51. The molecule has 0 saturated carbocycles. The molecule has 5 nitrogen and oxygen atoms in total. The van der Waals surface area contributed by atoms with Crippen LogP contribution in [0.4, 0.5) is 5.69 Å². The number of nitrogens with one attached hydrogen (secondary N) is 1. The van der Waals surface area contributed by atoms with E-state index in [1.54, 1.807) is 30.3 Å². The van der Waals surface area contributed by atoms with Gasteiger partial charge in [0.25, 0.3) is 5.91 Å². The number of halogens is 2. The maximum absolute atomic E-state index is 12.1. The lowest BCUT2D eigenvalue weighted by molar-refractivity contribution is 0.102. The van der Waals surface area contributed by atoms with Crippen molar-refractivity contribution in [1.29, 1.82) is 0 Å². The molecule has 0 aliphatic carbocycles. The Morgan fingerprint density at radius 1 is 1.24 bits per heavy atom. The summed E-state index contributed by atoms with van der Waals surface area (Å²) >= 11 is 9.38. The van der Waals surface area contributed by atoms with Crippen LogP contribution in [-0.4, -0.2) is 17.0 Å².